The summed E-state index contributed by atoms with van der Waals surface area (Å²) in [5, 5.41) is 2.13. The van der Waals surface area contributed by atoms with Crippen LogP contribution in [0.4, 0.5) is 18.0 Å². The number of hydrogen-bond acceptors (Lipinski definition) is 5. The summed E-state index contributed by atoms with van der Waals surface area (Å²) in [6.45, 7) is 0.470. The van der Waals surface area contributed by atoms with Crippen LogP contribution in [0.3, 0.4) is 0 Å². The molecule has 0 bridgehead atoms. The van der Waals surface area contributed by atoms with Crippen molar-refractivity contribution in [2.45, 2.75) is 13.1 Å². The van der Waals surface area contributed by atoms with Crippen LogP contribution in [0, 0.1) is 0 Å². The monoisotopic (exact) mass is 289 g/mol. The average Bonchev–Trinajstić information content (AvgIpc) is 2.25. The molecule has 9 heteroatoms. The number of amides is 1. The molecule has 1 N–H and O–H groups in total. The summed E-state index contributed by atoms with van der Waals surface area (Å²) in [4.78, 5) is 21.6. The molecule has 5 nitrogen and oxygen atoms in total. The van der Waals surface area contributed by atoms with E-state index in [0.29, 0.717) is 12.4 Å². The van der Waals surface area contributed by atoms with Crippen molar-refractivity contribution in [3.05, 3.63) is 0 Å². The maximum atomic E-state index is 11.7. The van der Waals surface area contributed by atoms with Gasteiger partial charge in [-0.1, -0.05) is 0 Å². The van der Waals surface area contributed by atoms with Gasteiger partial charge in [0, 0.05) is 12.3 Å². The topological polar surface area (TPSA) is 64.6 Å². The van der Waals surface area contributed by atoms with Crippen LogP contribution in [0.2, 0.25) is 0 Å². The minimum atomic E-state index is -4.53. The van der Waals surface area contributed by atoms with E-state index in [1.807, 2.05) is 0 Å². The lowest BCUT2D eigenvalue weighted by molar-refractivity contribution is -0.160. The summed E-state index contributed by atoms with van der Waals surface area (Å²) in [7, 11) is 0. The third-order valence-electron chi connectivity index (χ3n) is 1.41. The van der Waals surface area contributed by atoms with Gasteiger partial charge in [0.1, 0.15) is 0 Å². The fourth-order valence-electron chi connectivity index (χ4n) is 0.782. The molecule has 0 fully saturated rings. The van der Waals surface area contributed by atoms with E-state index in [9.17, 15) is 22.8 Å². The molecular formula is C9H14F3NO4S. The molecule has 106 valence electrons. The number of carbonyl (C=O) groups excluding carboxylic acids is 2. The smallest absolute Gasteiger partial charge is 0.422 e. The lowest BCUT2D eigenvalue weighted by atomic mass is 10.7. The van der Waals surface area contributed by atoms with Crippen LogP contribution >= 0.6 is 11.8 Å². The second-order valence-corrected chi connectivity index (χ2v) is 4.08. The molecule has 0 radical (unpaired) electrons. The maximum Gasteiger partial charge on any atom is 0.422 e. The van der Waals surface area contributed by atoms with Crippen LogP contribution < -0.4 is 5.32 Å². The van der Waals surface area contributed by atoms with E-state index in [0.717, 1.165) is 0 Å². The van der Waals surface area contributed by atoms with Crippen LogP contribution in [0.15, 0.2) is 0 Å². The van der Waals surface area contributed by atoms with Gasteiger partial charge in [-0.3, -0.25) is 4.79 Å². The fourth-order valence-corrected chi connectivity index (χ4v) is 1.42. The number of nitrogens with one attached hydrogen (secondary N) is 1. The Labute approximate surface area is 106 Å². The van der Waals surface area contributed by atoms with Crippen molar-refractivity contribution < 1.29 is 32.2 Å². The van der Waals surface area contributed by atoms with Gasteiger partial charge in [-0.05, 0) is 6.92 Å². The molecule has 0 aliphatic rings. The first-order valence-corrected chi connectivity index (χ1v) is 6.21. The first kappa shape index (κ1) is 16.9. The van der Waals surface area contributed by atoms with E-state index in [4.69, 9.17) is 0 Å². The largest absolute Gasteiger partial charge is 0.465 e. The standard InChI is InChI=1S/C9H14F3NO4S/c1-2-16-7(14)5-18-4-3-13-8(15)17-6-9(10,11)12/h2-6H2,1H3,(H,13,15). The molecule has 0 atom stereocenters. The summed E-state index contributed by atoms with van der Waals surface area (Å²) in [6.07, 6.45) is -5.67. The zero-order valence-electron chi connectivity index (χ0n) is 9.71. The van der Waals surface area contributed by atoms with Gasteiger partial charge < -0.3 is 14.8 Å². The van der Waals surface area contributed by atoms with E-state index in [2.05, 4.69) is 14.8 Å². The van der Waals surface area contributed by atoms with Crippen LogP contribution in [-0.2, 0) is 14.3 Å². The Hall–Kier alpha value is -1.12. The molecule has 1 amide bonds. The fraction of sp³-hybridized carbons (Fsp3) is 0.778. The molecule has 18 heavy (non-hydrogen) atoms. The second-order valence-electron chi connectivity index (χ2n) is 2.98. The molecule has 0 aromatic rings. The van der Waals surface area contributed by atoms with Crippen molar-refractivity contribution >= 4 is 23.8 Å². The van der Waals surface area contributed by atoms with Gasteiger partial charge in [-0.15, -0.1) is 11.8 Å². The normalized spacial score (nSPS) is 10.9. The predicted octanol–water partition coefficient (Wildman–Crippen LogP) is 1.57. The SMILES string of the molecule is CCOC(=O)CSCCNC(=O)OCC(F)(F)F. The highest BCUT2D eigenvalue weighted by molar-refractivity contribution is 7.99. The Morgan fingerprint density at radius 3 is 2.50 bits per heavy atom. The average molecular weight is 289 g/mol. The van der Waals surface area contributed by atoms with Gasteiger partial charge >= 0.3 is 18.2 Å². The summed E-state index contributed by atoms with van der Waals surface area (Å²) in [6, 6.07) is 0. The summed E-state index contributed by atoms with van der Waals surface area (Å²) >= 11 is 1.20. The van der Waals surface area contributed by atoms with Crippen molar-refractivity contribution in [1.29, 1.82) is 0 Å². The first-order valence-electron chi connectivity index (χ1n) is 5.06. The lowest BCUT2D eigenvalue weighted by Gasteiger charge is -2.08. The quantitative estimate of drug-likeness (QED) is 0.569. The molecule has 0 aromatic heterocycles. The Bertz CT molecular complexity index is 273. The molecule has 0 heterocycles. The number of rotatable bonds is 7. The molecule has 0 aliphatic carbocycles. The summed E-state index contributed by atoms with van der Waals surface area (Å²) in [5.74, 6) is 0.134. The highest BCUT2D eigenvalue weighted by Crippen LogP contribution is 2.14. The van der Waals surface area contributed by atoms with Crippen molar-refractivity contribution in [2.75, 3.05) is 31.3 Å². The van der Waals surface area contributed by atoms with Crippen LogP contribution in [0.25, 0.3) is 0 Å². The van der Waals surface area contributed by atoms with E-state index in [1.165, 1.54) is 11.8 Å². The minimum absolute atomic E-state index is 0.112. The molecular weight excluding hydrogens is 275 g/mol. The van der Waals surface area contributed by atoms with Crippen molar-refractivity contribution in [3.8, 4) is 0 Å². The van der Waals surface area contributed by atoms with Gasteiger partial charge in [0.15, 0.2) is 6.61 Å². The van der Waals surface area contributed by atoms with E-state index in [-0.39, 0.29) is 18.3 Å². The summed E-state index contributed by atoms with van der Waals surface area (Å²) < 4.78 is 43.5. The minimum Gasteiger partial charge on any atom is -0.465 e. The Morgan fingerprint density at radius 1 is 1.28 bits per heavy atom. The molecule has 0 saturated heterocycles. The van der Waals surface area contributed by atoms with Crippen LogP contribution in [-0.4, -0.2) is 49.5 Å². The highest BCUT2D eigenvalue weighted by Gasteiger charge is 2.29. The predicted molar refractivity (Wildman–Crippen MR) is 59.4 cm³/mol. The van der Waals surface area contributed by atoms with Crippen molar-refractivity contribution in [2.24, 2.45) is 0 Å². The Balaban J connectivity index is 3.44. The van der Waals surface area contributed by atoms with E-state index < -0.39 is 18.9 Å². The molecule has 0 unspecified atom stereocenters. The van der Waals surface area contributed by atoms with Crippen molar-refractivity contribution in [3.63, 3.8) is 0 Å². The molecule has 0 saturated carbocycles. The molecule has 0 aromatic carbocycles. The summed E-state index contributed by atoms with van der Waals surface area (Å²) in [5.41, 5.74) is 0. The number of hydrogen-bond donors (Lipinski definition) is 1. The number of esters is 1. The number of thioether (sulfide) groups is 1. The molecule has 0 spiro atoms. The van der Waals surface area contributed by atoms with Gasteiger partial charge in [0.2, 0.25) is 0 Å². The molecule has 0 rings (SSSR count). The number of ether oxygens (including phenoxy) is 2. The number of carbonyl (C=O) groups is 2. The first-order chi connectivity index (χ1) is 8.35. The van der Waals surface area contributed by atoms with Crippen LogP contribution in [0.5, 0.6) is 0 Å². The van der Waals surface area contributed by atoms with Crippen molar-refractivity contribution in [1.82, 2.24) is 5.32 Å². The van der Waals surface area contributed by atoms with Gasteiger partial charge in [-0.2, -0.15) is 13.2 Å². The van der Waals surface area contributed by atoms with Crippen LogP contribution in [0.1, 0.15) is 6.92 Å². The zero-order chi connectivity index (χ0) is 14.0. The third-order valence-corrected chi connectivity index (χ3v) is 2.34. The number of alkyl halides is 3. The van der Waals surface area contributed by atoms with Gasteiger partial charge in [-0.25, -0.2) is 4.79 Å². The van der Waals surface area contributed by atoms with Gasteiger partial charge in [0.05, 0.1) is 12.4 Å². The number of halogens is 3. The van der Waals surface area contributed by atoms with E-state index >= 15 is 0 Å². The number of alkyl carbamates (subject to hydrolysis) is 1. The lowest BCUT2D eigenvalue weighted by Crippen LogP contribution is -2.30. The zero-order valence-corrected chi connectivity index (χ0v) is 10.5. The highest BCUT2D eigenvalue weighted by atomic mass is 32.2. The third kappa shape index (κ3) is 11.4. The Morgan fingerprint density at radius 2 is 1.94 bits per heavy atom. The molecule has 0 aliphatic heterocycles. The van der Waals surface area contributed by atoms with Gasteiger partial charge in [0.25, 0.3) is 0 Å². The van der Waals surface area contributed by atoms with E-state index in [1.54, 1.807) is 6.92 Å². The second kappa shape index (κ2) is 8.90. The maximum absolute atomic E-state index is 11.7. The Kier molecular flexibility index (Phi) is 8.34.